The Morgan fingerprint density at radius 3 is 1.89 bits per heavy atom. The Labute approximate surface area is 324 Å². The third kappa shape index (κ3) is 10.0. The van der Waals surface area contributed by atoms with Crippen molar-refractivity contribution >= 4 is 71.1 Å². The van der Waals surface area contributed by atoms with E-state index in [1.807, 2.05) is 6.07 Å². The largest absolute Gasteiger partial charge is 3.00 e. The predicted octanol–water partition coefficient (Wildman–Crippen LogP) is 2.81. The Hall–Kier alpha value is -5.81. The maximum Gasteiger partial charge on any atom is 3.00 e. The van der Waals surface area contributed by atoms with Crippen LogP contribution in [0.25, 0.3) is 10.8 Å². The maximum absolute atomic E-state index is 12.6. The molecule has 0 aliphatic carbocycles. The molecule has 1 fully saturated rings. The fourth-order valence-electron chi connectivity index (χ4n) is 5.08. The summed E-state index contributed by atoms with van der Waals surface area (Å²) in [6.07, 6.45) is 0. The van der Waals surface area contributed by atoms with Crippen molar-refractivity contribution in [2.75, 3.05) is 10.3 Å². The molecule has 1 saturated heterocycles. The van der Waals surface area contributed by atoms with Crippen LogP contribution >= 0.6 is 0 Å². The minimum atomic E-state index is -4.04. The molecule has 1 aliphatic rings. The monoisotopic (exact) mass is 831 g/mol. The molecular weight excluding hydrogens is 801 g/mol. The van der Waals surface area contributed by atoms with Gasteiger partial charge in [0.25, 0.3) is 5.91 Å². The van der Waals surface area contributed by atoms with E-state index >= 15 is 0 Å². The Morgan fingerprint density at radius 2 is 1.33 bits per heavy atom. The van der Waals surface area contributed by atoms with Crippen LogP contribution in [0.3, 0.4) is 0 Å². The summed E-state index contributed by atoms with van der Waals surface area (Å²) < 4.78 is 45.7. The van der Waals surface area contributed by atoms with Crippen molar-refractivity contribution in [2.24, 2.45) is 30.7 Å². The molecule has 2 unspecified atom stereocenters. The summed E-state index contributed by atoms with van der Waals surface area (Å²) in [7, 11) is -8.01. The van der Waals surface area contributed by atoms with E-state index in [0.29, 0.717) is 22.1 Å². The van der Waals surface area contributed by atoms with Crippen LogP contribution in [0.1, 0.15) is 13.8 Å². The molecular formula is C34H30CoN9O9S2. The van der Waals surface area contributed by atoms with E-state index < -0.39 is 43.3 Å². The van der Waals surface area contributed by atoms with E-state index in [1.165, 1.54) is 18.0 Å². The minimum Gasteiger partial charge on any atom is -0.871 e. The standard InChI is InChI=1S/C18H16N4O5S.C16H17N5O4S.Co/c1-10(23)20-13-4-2-3-11-5-7-16(25)18(17(11)13)22-21-14-9-12(28(19,26)27)6-8-15(14)24;1-10-15(16(23)21(20-10)11-5-3-2-4-6-11)19-18-13-9-12(26(17,24)25)7-8-14(13)22;/h2-9,24-25H,1H3,(H,20,23)(H2,19,26,27);2-10,15,20,22H,1H3,(H2,17,24,25);/q;;+3/p-3. The minimum absolute atomic E-state index is 0. The van der Waals surface area contributed by atoms with Crippen LogP contribution in [0.4, 0.5) is 28.4 Å². The smallest absolute Gasteiger partial charge is 0.871 e. The van der Waals surface area contributed by atoms with Crippen LogP contribution < -0.4 is 41.3 Å². The van der Waals surface area contributed by atoms with Crippen LogP contribution in [0, 0.1) is 0 Å². The van der Waals surface area contributed by atoms with Crippen molar-refractivity contribution in [3.8, 4) is 17.2 Å². The number of nitrogens with zero attached hydrogens (tertiary/aromatic N) is 5. The zero-order valence-electron chi connectivity index (χ0n) is 28.6. The molecule has 0 radical (unpaired) electrons. The maximum atomic E-state index is 12.6. The van der Waals surface area contributed by atoms with Gasteiger partial charge in [0.05, 0.1) is 44.3 Å². The molecule has 18 nitrogen and oxygen atoms in total. The van der Waals surface area contributed by atoms with Gasteiger partial charge >= 0.3 is 16.8 Å². The van der Waals surface area contributed by atoms with Gasteiger partial charge in [-0.3, -0.25) is 9.59 Å². The number of hydrogen-bond acceptors (Lipinski definition) is 14. The van der Waals surface area contributed by atoms with Crippen molar-refractivity contribution < 1.29 is 58.5 Å². The first kappa shape index (κ1) is 41.9. The number of sulfonamides is 2. The normalized spacial score (nSPS) is 15.9. The van der Waals surface area contributed by atoms with Crippen LogP contribution in [0.15, 0.2) is 127 Å². The number of rotatable bonds is 8. The average molecular weight is 832 g/mol. The summed E-state index contributed by atoms with van der Waals surface area (Å²) in [4.78, 5) is 23.5. The Morgan fingerprint density at radius 1 is 0.764 bits per heavy atom. The van der Waals surface area contributed by atoms with Gasteiger partial charge in [-0.15, -0.1) is 0 Å². The first-order valence-corrected chi connectivity index (χ1v) is 18.7. The van der Waals surface area contributed by atoms with E-state index in [4.69, 9.17) is 10.3 Å². The van der Waals surface area contributed by atoms with Gasteiger partial charge in [0, 0.05) is 12.3 Å². The molecule has 6 N–H and O–H groups in total. The number of primary sulfonamides is 2. The first-order chi connectivity index (χ1) is 25.4. The van der Waals surface area contributed by atoms with Gasteiger partial charge in [-0.2, -0.15) is 20.5 Å². The van der Waals surface area contributed by atoms with E-state index in [0.717, 1.165) is 36.4 Å². The summed E-state index contributed by atoms with van der Waals surface area (Å²) in [6.45, 7) is 3.08. The number of carbonyl (C=O) groups excluding carboxylic acids is 2. The topological polar surface area (TPSA) is 300 Å². The second kappa shape index (κ2) is 17.1. The van der Waals surface area contributed by atoms with Gasteiger partial charge in [0.1, 0.15) is 0 Å². The fourth-order valence-corrected chi connectivity index (χ4v) is 6.15. The molecule has 2 atom stereocenters. The Kier molecular flexibility index (Phi) is 13.0. The summed E-state index contributed by atoms with van der Waals surface area (Å²) in [5.41, 5.74) is 3.42. The quantitative estimate of drug-likeness (QED) is 0.166. The van der Waals surface area contributed by atoms with Crippen molar-refractivity contribution in [1.29, 1.82) is 0 Å². The first-order valence-electron chi connectivity index (χ1n) is 15.6. The molecule has 55 heavy (non-hydrogen) atoms. The average Bonchev–Trinajstić information content (AvgIpc) is 3.39. The number of hydrazine groups is 1. The molecule has 21 heteroatoms. The molecule has 1 heterocycles. The number of benzene rings is 5. The van der Waals surface area contributed by atoms with Gasteiger partial charge in [-0.1, -0.05) is 71.8 Å². The number of fused-ring (bicyclic) bond motifs is 1. The van der Waals surface area contributed by atoms with Gasteiger partial charge in [-0.25, -0.2) is 37.5 Å². The van der Waals surface area contributed by atoms with Crippen LogP contribution in [-0.2, 0) is 46.4 Å². The van der Waals surface area contributed by atoms with Gasteiger partial charge in [-0.05, 0) is 54.8 Å². The second-order valence-corrected chi connectivity index (χ2v) is 14.8. The zero-order chi connectivity index (χ0) is 39.4. The van der Waals surface area contributed by atoms with Crippen LogP contribution in [0.5, 0.6) is 17.2 Å². The molecule has 0 saturated carbocycles. The van der Waals surface area contributed by atoms with Crippen molar-refractivity contribution in [2.45, 2.75) is 35.7 Å². The number of para-hydroxylation sites is 1. The molecule has 2 amide bonds. The van der Waals surface area contributed by atoms with E-state index in [-0.39, 0.29) is 61.5 Å². The van der Waals surface area contributed by atoms with E-state index in [1.54, 1.807) is 55.5 Å². The molecule has 6 rings (SSSR count). The number of nitrogens with two attached hydrogens (primary N) is 2. The van der Waals surface area contributed by atoms with E-state index in [2.05, 4.69) is 31.2 Å². The van der Waals surface area contributed by atoms with Crippen molar-refractivity contribution in [1.82, 2.24) is 5.43 Å². The van der Waals surface area contributed by atoms with Gasteiger partial charge in [0.15, 0.2) is 6.04 Å². The molecule has 5 aromatic carbocycles. The molecule has 286 valence electrons. The van der Waals surface area contributed by atoms with Crippen molar-refractivity contribution in [3.05, 3.63) is 97.1 Å². The fraction of sp³-hybridized carbons (Fsp3) is 0.118. The van der Waals surface area contributed by atoms with E-state index in [9.17, 15) is 41.7 Å². The number of anilines is 2. The number of nitrogens with one attached hydrogen (secondary N) is 2. The number of azo groups is 2. The molecule has 5 aromatic rings. The summed E-state index contributed by atoms with van der Waals surface area (Å²) >= 11 is 0. The number of amides is 2. The van der Waals surface area contributed by atoms with Crippen LogP contribution in [0.2, 0.25) is 0 Å². The zero-order valence-corrected chi connectivity index (χ0v) is 31.3. The number of hydrogen-bond donors (Lipinski definition) is 4. The summed E-state index contributed by atoms with van der Waals surface area (Å²) in [5.74, 6) is -2.26. The summed E-state index contributed by atoms with van der Waals surface area (Å²) in [6, 6.07) is 21.8. The van der Waals surface area contributed by atoms with Gasteiger partial charge < -0.3 is 20.6 Å². The second-order valence-electron chi connectivity index (χ2n) is 11.6. The number of carbonyl (C=O) groups is 2. The SMILES string of the molecule is CC(=O)Nc1cccc2ccc([O-])c(N=Nc3cc(S(N)(=O)=O)ccc3[O-])c12.CC1NN(c2ccccc2)C(=O)C1N=Nc1cc(S(N)(=O)=O)ccc1[O-].[Co+3]. The molecule has 0 spiro atoms. The molecule has 0 aromatic heterocycles. The third-order valence-corrected chi connectivity index (χ3v) is 9.47. The predicted molar refractivity (Wildman–Crippen MR) is 191 cm³/mol. The Bertz CT molecular complexity index is 2540. The third-order valence-electron chi connectivity index (χ3n) is 7.65. The van der Waals surface area contributed by atoms with Crippen LogP contribution in [-0.4, -0.2) is 40.7 Å². The van der Waals surface area contributed by atoms with Crippen molar-refractivity contribution in [3.63, 3.8) is 0 Å². The Balaban J connectivity index is 0.000000241. The molecule has 0 bridgehead atoms. The van der Waals surface area contributed by atoms with Gasteiger partial charge in [0.2, 0.25) is 26.0 Å². The molecule has 1 aliphatic heterocycles. The summed E-state index contributed by atoms with van der Waals surface area (Å²) in [5, 5.41) is 66.6.